The summed E-state index contributed by atoms with van der Waals surface area (Å²) >= 11 is 0. The quantitative estimate of drug-likeness (QED) is 0.662. The van der Waals surface area contributed by atoms with Crippen molar-refractivity contribution in [3.05, 3.63) is 41.5 Å². The van der Waals surface area contributed by atoms with Gasteiger partial charge in [-0.1, -0.05) is 6.07 Å². The SMILES string of the molecule is Cc1ccc(Oc2cc(NN)nc(C3CC3)n2)cc1F. The fourth-order valence-corrected chi connectivity index (χ4v) is 1.85. The molecule has 0 spiro atoms. The molecule has 5 nitrogen and oxygen atoms in total. The molecule has 3 rings (SSSR count). The number of ether oxygens (including phenoxy) is 1. The van der Waals surface area contributed by atoms with Crippen LogP contribution < -0.4 is 16.0 Å². The van der Waals surface area contributed by atoms with Crippen molar-refractivity contribution in [3.63, 3.8) is 0 Å². The van der Waals surface area contributed by atoms with E-state index in [1.54, 1.807) is 25.1 Å². The molecule has 2 aromatic rings. The molecule has 3 N–H and O–H groups in total. The number of aromatic nitrogens is 2. The number of nitrogen functional groups attached to an aromatic ring is 1. The van der Waals surface area contributed by atoms with Crippen LogP contribution in [0.3, 0.4) is 0 Å². The van der Waals surface area contributed by atoms with Gasteiger partial charge in [-0.2, -0.15) is 4.98 Å². The van der Waals surface area contributed by atoms with Crippen LogP contribution in [0.1, 0.15) is 30.1 Å². The van der Waals surface area contributed by atoms with Gasteiger partial charge < -0.3 is 10.2 Å². The molecule has 104 valence electrons. The predicted molar refractivity (Wildman–Crippen MR) is 73.0 cm³/mol. The molecule has 1 aromatic carbocycles. The number of nitrogens with zero attached hydrogens (tertiary/aromatic N) is 2. The lowest BCUT2D eigenvalue weighted by Crippen LogP contribution is -2.10. The average molecular weight is 274 g/mol. The summed E-state index contributed by atoms with van der Waals surface area (Å²) in [5, 5.41) is 0. The van der Waals surface area contributed by atoms with Crippen molar-refractivity contribution < 1.29 is 9.13 Å². The van der Waals surface area contributed by atoms with E-state index in [1.165, 1.54) is 6.07 Å². The molecule has 1 heterocycles. The first-order chi connectivity index (χ1) is 9.65. The van der Waals surface area contributed by atoms with Crippen molar-refractivity contribution in [3.8, 4) is 11.6 Å². The van der Waals surface area contributed by atoms with Crippen LogP contribution in [-0.2, 0) is 0 Å². The van der Waals surface area contributed by atoms with Crippen molar-refractivity contribution in [2.75, 3.05) is 5.43 Å². The van der Waals surface area contributed by atoms with Gasteiger partial charge in [-0.05, 0) is 31.4 Å². The number of hydrogen-bond acceptors (Lipinski definition) is 5. The fraction of sp³-hybridized carbons (Fsp3) is 0.286. The summed E-state index contributed by atoms with van der Waals surface area (Å²) in [6.45, 7) is 1.70. The summed E-state index contributed by atoms with van der Waals surface area (Å²) in [4.78, 5) is 8.63. The van der Waals surface area contributed by atoms with E-state index in [1.807, 2.05) is 0 Å². The molecular formula is C14H15FN4O. The van der Waals surface area contributed by atoms with Gasteiger partial charge in [-0.15, -0.1) is 0 Å². The molecule has 0 aliphatic heterocycles. The number of rotatable bonds is 4. The Morgan fingerprint density at radius 1 is 1.30 bits per heavy atom. The molecule has 0 saturated heterocycles. The zero-order chi connectivity index (χ0) is 14.1. The summed E-state index contributed by atoms with van der Waals surface area (Å²) in [6, 6.07) is 6.29. The molecule has 0 atom stereocenters. The zero-order valence-corrected chi connectivity index (χ0v) is 11.1. The van der Waals surface area contributed by atoms with Crippen LogP contribution in [0.25, 0.3) is 0 Å². The van der Waals surface area contributed by atoms with Crippen molar-refractivity contribution in [2.24, 2.45) is 5.84 Å². The van der Waals surface area contributed by atoms with Gasteiger partial charge in [0.25, 0.3) is 0 Å². The average Bonchev–Trinajstić information content (AvgIpc) is 3.27. The Bertz CT molecular complexity index is 643. The Morgan fingerprint density at radius 3 is 2.75 bits per heavy atom. The van der Waals surface area contributed by atoms with E-state index in [0.29, 0.717) is 34.8 Å². The number of nitrogens with one attached hydrogen (secondary N) is 1. The first kappa shape index (κ1) is 12.8. The summed E-state index contributed by atoms with van der Waals surface area (Å²) in [5.41, 5.74) is 3.06. The summed E-state index contributed by atoms with van der Waals surface area (Å²) in [7, 11) is 0. The number of anilines is 1. The molecular weight excluding hydrogens is 259 g/mol. The Labute approximate surface area is 116 Å². The molecule has 1 aliphatic carbocycles. The number of halogens is 1. The van der Waals surface area contributed by atoms with Crippen molar-refractivity contribution in [1.29, 1.82) is 0 Å². The fourth-order valence-electron chi connectivity index (χ4n) is 1.85. The molecule has 0 bridgehead atoms. The molecule has 1 aliphatic rings. The third kappa shape index (κ3) is 2.70. The normalized spacial score (nSPS) is 14.2. The third-order valence-electron chi connectivity index (χ3n) is 3.18. The van der Waals surface area contributed by atoms with Crippen LogP contribution >= 0.6 is 0 Å². The lowest BCUT2D eigenvalue weighted by molar-refractivity contribution is 0.454. The molecule has 1 aromatic heterocycles. The van der Waals surface area contributed by atoms with E-state index in [0.717, 1.165) is 12.8 Å². The van der Waals surface area contributed by atoms with Crippen LogP contribution in [0.5, 0.6) is 11.6 Å². The largest absolute Gasteiger partial charge is 0.439 e. The highest BCUT2D eigenvalue weighted by Gasteiger charge is 2.27. The monoisotopic (exact) mass is 274 g/mol. The van der Waals surface area contributed by atoms with Gasteiger partial charge in [0.15, 0.2) is 0 Å². The first-order valence-electron chi connectivity index (χ1n) is 6.45. The van der Waals surface area contributed by atoms with Crippen molar-refractivity contribution in [2.45, 2.75) is 25.7 Å². The van der Waals surface area contributed by atoms with Crippen LogP contribution in [0.2, 0.25) is 0 Å². The Morgan fingerprint density at radius 2 is 2.10 bits per heavy atom. The van der Waals surface area contributed by atoms with Gasteiger partial charge in [0.2, 0.25) is 5.88 Å². The summed E-state index contributed by atoms with van der Waals surface area (Å²) in [5.74, 6) is 7.42. The molecule has 1 fully saturated rings. The highest BCUT2D eigenvalue weighted by Crippen LogP contribution is 2.39. The molecule has 0 unspecified atom stereocenters. The van der Waals surface area contributed by atoms with Gasteiger partial charge in [-0.25, -0.2) is 15.2 Å². The van der Waals surface area contributed by atoms with Gasteiger partial charge in [0.1, 0.15) is 23.2 Å². The molecule has 1 saturated carbocycles. The Hall–Kier alpha value is -2.21. The number of hydrogen-bond donors (Lipinski definition) is 2. The number of aryl methyl sites for hydroxylation is 1. The summed E-state index contributed by atoms with van der Waals surface area (Å²) in [6.07, 6.45) is 2.15. The third-order valence-corrected chi connectivity index (χ3v) is 3.18. The molecule has 0 radical (unpaired) electrons. The topological polar surface area (TPSA) is 73.1 Å². The number of nitrogens with two attached hydrogens (primary N) is 1. The smallest absolute Gasteiger partial charge is 0.224 e. The molecule has 20 heavy (non-hydrogen) atoms. The van der Waals surface area contributed by atoms with E-state index in [-0.39, 0.29) is 5.82 Å². The standard InChI is InChI=1S/C14H15FN4O/c1-8-2-5-10(6-11(8)15)20-13-7-12(19-16)17-14(18-13)9-3-4-9/h2,5-7,9H,3-4,16H2,1H3,(H,17,18,19). The van der Waals surface area contributed by atoms with Crippen LogP contribution in [0, 0.1) is 12.7 Å². The van der Waals surface area contributed by atoms with Crippen molar-refractivity contribution >= 4 is 5.82 Å². The summed E-state index contributed by atoms with van der Waals surface area (Å²) < 4.78 is 19.1. The minimum atomic E-state index is -0.309. The van der Waals surface area contributed by atoms with Gasteiger partial charge in [0, 0.05) is 18.1 Å². The maximum absolute atomic E-state index is 13.5. The van der Waals surface area contributed by atoms with E-state index >= 15 is 0 Å². The molecule has 0 amide bonds. The van der Waals surface area contributed by atoms with Gasteiger partial charge in [0.05, 0.1) is 0 Å². The van der Waals surface area contributed by atoms with Gasteiger partial charge >= 0.3 is 0 Å². The molecule has 6 heteroatoms. The number of benzene rings is 1. The maximum atomic E-state index is 13.5. The highest BCUT2D eigenvalue weighted by atomic mass is 19.1. The highest BCUT2D eigenvalue weighted by molar-refractivity contribution is 5.40. The minimum absolute atomic E-state index is 0.309. The van der Waals surface area contributed by atoms with E-state index < -0.39 is 0 Å². The van der Waals surface area contributed by atoms with E-state index in [9.17, 15) is 4.39 Å². The zero-order valence-electron chi connectivity index (χ0n) is 11.1. The van der Waals surface area contributed by atoms with Crippen LogP contribution in [-0.4, -0.2) is 9.97 Å². The van der Waals surface area contributed by atoms with E-state index in [2.05, 4.69) is 15.4 Å². The second-order valence-corrected chi connectivity index (χ2v) is 4.88. The van der Waals surface area contributed by atoms with Crippen LogP contribution in [0.15, 0.2) is 24.3 Å². The lowest BCUT2D eigenvalue weighted by atomic mass is 10.2. The number of hydrazine groups is 1. The minimum Gasteiger partial charge on any atom is -0.439 e. The Kier molecular flexibility index (Phi) is 3.23. The second-order valence-electron chi connectivity index (χ2n) is 4.88. The Balaban J connectivity index is 1.88. The second kappa shape index (κ2) is 5.05. The van der Waals surface area contributed by atoms with Gasteiger partial charge in [-0.3, -0.25) is 0 Å². The maximum Gasteiger partial charge on any atom is 0.224 e. The first-order valence-corrected chi connectivity index (χ1v) is 6.45. The lowest BCUT2D eigenvalue weighted by Gasteiger charge is -2.09. The van der Waals surface area contributed by atoms with Crippen LogP contribution in [0.4, 0.5) is 10.2 Å². The van der Waals surface area contributed by atoms with Crippen molar-refractivity contribution in [1.82, 2.24) is 9.97 Å². The van der Waals surface area contributed by atoms with E-state index in [4.69, 9.17) is 10.6 Å². The predicted octanol–water partition coefficient (Wildman–Crippen LogP) is 2.88.